The Morgan fingerprint density at radius 3 is 2.60 bits per heavy atom. The predicted octanol–water partition coefficient (Wildman–Crippen LogP) is 1.14. The SMILES string of the molecule is CCN(CC)C1CCN(C(C)CCN)C1. The molecule has 0 aromatic carbocycles. The van der Waals surface area contributed by atoms with Crippen molar-refractivity contribution < 1.29 is 0 Å². The van der Waals surface area contributed by atoms with Crippen molar-refractivity contribution in [1.82, 2.24) is 9.80 Å². The van der Waals surface area contributed by atoms with Gasteiger partial charge in [-0.3, -0.25) is 9.80 Å². The molecular formula is C12H27N3. The van der Waals surface area contributed by atoms with Crippen LogP contribution in [0.5, 0.6) is 0 Å². The van der Waals surface area contributed by atoms with E-state index in [1.54, 1.807) is 0 Å². The normalized spacial score (nSPS) is 25.0. The minimum atomic E-state index is 0.663. The van der Waals surface area contributed by atoms with Crippen LogP contribution in [-0.2, 0) is 0 Å². The van der Waals surface area contributed by atoms with Crippen LogP contribution in [0.1, 0.15) is 33.6 Å². The second-order valence-corrected chi connectivity index (χ2v) is 4.59. The van der Waals surface area contributed by atoms with E-state index in [4.69, 9.17) is 5.73 Å². The van der Waals surface area contributed by atoms with Crippen LogP contribution in [0.25, 0.3) is 0 Å². The molecule has 1 aliphatic heterocycles. The van der Waals surface area contributed by atoms with E-state index in [1.165, 1.54) is 32.6 Å². The van der Waals surface area contributed by atoms with Crippen LogP contribution in [0.3, 0.4) is 0 Å². The lowest BCUT2D eigenvalue weighted by atomic mass is 10.2. The van der Waals surface area contributed by atoms with E-state index < -0.39 is 0 Å². The second-order valence-electron chi connectivity index (χ2n) is 4.59. The fourth-order valence-corrected chi connectivity index (χ4v) is 2.63. The van der Waals surface area contributed by atoms with Gasteiger partial charge in [-0.15, -0.1) is 0 Å². The average Bonchev–Trinajstić information content (AvgIpc) is 2.69. The smallest absolute Gasteiger partial charge is 0.0235 e. The molecule has 90 valence electrons. The Balaban J connectivity index is 2.37. The van der Waals surface area contributed by atoms with Gasteiger partial charge >= 0.3 is 0 Å². The van der Waals surface area contributed by atoms with Gasteiger partial charge in [-0.05, 0) is 39.4 Å². The fourth-order valence-electron chi connectivity index (χ4n) is 2.63. The van der Waals surface area contributed by atoms with Crippen molar-refractivity contribution in [3.63, 3.8) is 0 Å². The molecule has 2 atom stereocenters. The number of rotatable bonds is 6. The fraction of sp³-hybridized carbons (Fsp3) is 1.00. The van der Waals surface area contributed by atoms with Gasteiger partial charge in [0.2, 0.25) is 0 Å². The molecular weight excluding hydrogens is 186 g/mol. The van der Waals surface area contributed by atoms with Crippen LogP contribution >= 0.6 is 0 Å². The summed E-state index contributed by atoms with van der Waals surface area (Å²) < 4.78 is 0. The van der Waals surface area contributed by atoms with E-state index in [-0.39, 0.29) is 0 Å². The van der Waals surface area contributed by atoms with Gasteiger partial charge in [0.15, 0.2) is 0 Å². The van der Waals surface area contributed by atoms with Crippen molar-refractivity contribution >= 4 is 0 Å². The van der Waals surface area contributed by atoms with Gasteiger partial charge in [0.1, 0.15) is 0 Å². The molecule has 0 spiro atoms. The molecule has 0 radical (unpaired) electrons. The van der Waals surface area contributed by atoms with Gasteiger partial charge in [0, 0.05) is 25.2 Å². The first-order valence-corrected chi connectivity index (χ1v) is 6.41. The van der Waals surface area contributed by atoms with Gasteiger partial charge in [-0.2, -0.15) is 0 Å². The molecule has 0 bridgehead atoms. The van der Waals surface area contributed by atoms with Crippen LogP contribution in [-0.4, -0.2) is 54.6 Å². The Labute approximate surface area is 94.6 Å². The maximum Gasteiger partial charge on any atom is 0.0235 e. The molecule has 1 aliphatic rings. The third-order valence-corrected chi connectivity index (χ3v) is 3.73. The number of nitrogens with zero attached hydrogens (tertiary/aromatic N) is 2. The number of hydrogen-bond donors (Lipinski definition) is 1. The van der Waals surface area contributed by atoms with E-state index >= 15 is 0 Å². The molecule has 15 heavy (non-hydrogen) atoms. The van der Waals surface area contributed by atoms with Crippen LogP contribution in [0.4, 0.5) is 0 Å². The average molecular weight is 213 g/mol. The Morgan fingerprint density at radius 1 is 1.40 bits per heavy atom. The van der Waals surface area contributed by atoms with Gasteiger partial charge in [0.25, 0.3) is 0 Å². The predicted molar refractivity (Wildman–Crippen MR) is 66.0 cm³/mol. The van der Waals surface area contributed by atoms with Gasteiger partial charge < -0.3 is 5.73 Å². The summed E-state index contributed by atoms with van der Waals surface area (Å²) in [6, 6.07) is 1.44. The first-order chi connectivity index (χ1) is 7.22. The number of likely N-dealkylation sites (N-methyl/N-ethyl adjacent to an activating group) is 1. The number of nitrogens with two attached hydrogens (primary N) is 1. The van der Waals surface area contributed by atoms with Gasteiger partial charge in [0.05, 0.1) is 0 Å². The third-order valence-electron chi connectivity index (χ3n) is 3.73. The number of likely N-dealkylation sites (tertiary alicyclic amines) is 1. The molecule has 0 aromatic heterocycles. The highest BCUT2D eigenvalue weighted by Gasteiger charge is 2.28. The highest BCUT2D eigenvalue weighted by atomic mass is 15.3. The standard InChI is InChI=1S/C12H27N3/c1-4-14(5-2)12-7-9-15(10-12)11(3)6-8-13/h11-12H,4-10,13H2,1-3H3. The maximum atomic E-state index is 5.61. The summed E-state index contributed by atoms with van der Waals surface area (Å²) in [6.45, 7) is 12.5. The first kappa shape index (κ1) is 12.9. The van der Waals surface area contributed by atoms with Gasteiger partial charge in [-0.25, -0.2) is 0 Å². The summed E-state index contributed by atoms with van der Waals surface area (Å²) in [5.74, 6) is 0. The van der Waals surface area contributed by atoms with Crippen LogP contribution in [0, 0.1) is 0 Å². The van der Waals surface area contributed by atoms with E-state index in [1.807, 2.05) is 0 Å². The molecule has 0 amide bonds. The van der Waals surface area contributed by atoms with Crippen molar-refractivity contribution in [2.24, 2.45) is 5.73 Å². The molecule has 3 nitrogen and oxygen atoms in total. The monoisotopic (exact) mass is 213 g/mol. The minimum absolute atomic E-state index is 0.663. The molecule has 3 heteroatoms. The Bertz CT molecular complexity index is 168. The lowest BCUT2D eigenvalue weighted by Crippen LogP contribution is -2.39. The van der Waals surface area contributed by atoms with Crippen molar-refractivity contribution in [1.29, 1.82) is 0 Å². The molecule has 1 fully saturated rings. The zero-order valence-electron chi connectivity index (χ0n) is 10.6. The minimum Gasteiger partial charge on any atom is -0.330 e. The molecule has 0 aliphatic carbocycles. The Kier molecular flexibility index (Phi) is 5.58. The van der Waals surface area contributed by atoms with Crippen LogP contribution in [0.15, 0.2) is 0 Å². The first-order valence-electron chi connectivity index (χ1n) is 6.41. The van der Waals surface area contributed by atoms with E-state index in [2.05, 4.69) is 30.6 Å². The molecule has 1 rings (SSSR count). The van der Waals surface area contributed by atoms with Crippen molar-refractivity contribution in [3.05, 3.63) is 0 Å². The summed E-state index contributed by atoms with van der Waals surface area (Å²) in [5, 5.41) is 0. The Hall–Kier alpha value is -0.120. The quantitative estimate of drug-likeness (QED) is 0.718. The van der Waals surface area contributed by atoms with Crippen LogP contribution < -0.4 is 5.73 Å². The highest BCUT2D eigenvalue weighted by molar-refractivity contribution is 4.85. The van der Waals surface area contributed by atoms with Crippen molar-refractivity contribution in [2.75, 3.05) is 32.7 Å². The largest absolute Gasteiger partial charge is 0.330 e. The zero-order chi connectivity index (χ0) is 11.3. The molecule has 0 aromatic rings. The highest BCUT2D eigenvalue weighted by Crippen LogP contribution is 2.18. The molecule has 1 saturated heterocycles. The molecule has 1 heterocycles. The molecule has 2 N–H and O–H groups in total. The lowest BCUT2D eigenvalue weighted by Gasteiger charge is -2.28. The van der Waals surface area contributed by atoms with Gasteiger partial charge in [-0.1, -0.05) is 13.8 Å². The maximum absolute atomic E-state index is 5.61. The summed E-state index contributed by atoms with van der Waals surface area (Å²) in [7, 11) is 0. The Morgan fingerprint density at radius 2 is 2.07 bits per heavy atom. The topological polar surface area (TPSA) is 32.5 Å². The number of hydrogen-bond acceptors (Lipinski definition) is 3. The summed E-state index contributed by atoms with van der Waals surface area (Å²) >= 11 is 0. The zero-order valence-corrected chi connectivity index (χ0v) is 10.6. The summed E-state index contributed by atoms with van der Waals surface area (Å²) in [4.78, 5) is 5.17. The third kappa shape index (κ3) is 3.44. The van der Waals surface area contributed by atoms with E-state index in [0.717, 1.165) is 19.0 Å². The van der Waals surface area contributed by atoms with E-state index in [0.29, 0.717) is 6.04 Å². The summed E-state index contributed by atoms with van der Waals surface area (Å²) in [6.07, 6.45) is 2.46. The molecule has 2 unspecified atom stereocenters. The van der Waals surface area contributed by atoms with E-state index in [9.17, 15) is 0 Å². The lowest BCUT2D eigenvalue weighted by molar-refractivity contribution is 0.190. The van der Waals surface area contributed by atoms with Crippen molar-refractivity contribution in [2.45, 2.75) is 45.7 Å². The molecule has 0 saturated carbocycles. The summed E-state index contributed by atoms with van der Waals surface area (Å²) in [5.41, 5.74) is 5.61. The van der Waals surface area contributed by atoms with Crippen LogP contribution in [0.2, 0.25) is 0 Å². The second kappa shape index (κ2) is 6.46. The van der Waals surface area contributed by atoms with Crippen molar-refractivity contribution in [3.8, 4) is 0 Å².